The number of nitrogen functional groups attached to an aromatic ring is 1. The third kappa shape index (κ3) is 2.07. The van der Waals surface area contributed by atoms with Gasteiger partial charge in [-0.1, -0.05) is 11.6 Å². The van der Waals surface area contributed by atoms with Crippen LogP contribution in [0.25, 0.3) is 0 Å². The van der Waals surface area contributed by atoms with Crippen molar-refractivity contribution < 1.29 is 9.53 Å². The molecule has 1 heterocycles. The summed E-state index contributed by atoms with van der Waals surface area (Å²) in [7, 11) is 1.44. The Morgan fingerprint density at radius 1 is 1.69 bits per heavy atom. The standard InChI is InChI=1S/C7H8ClN3O2/c1-13-5-3-2-4(8)6(10-5)7(12)11-9/h2-3H,9H2,1H3,(H,11,12). The van der Waals surface area contributed by atoms with Crippen LogP contribution in [0.4, 0.5) is 0 Å². The molecule has 0 aromatic carbocycles. The Hall–Kier alpha value is -1.33. The van der Waals surface area contributed by atoms with Gasteiger partial charge in [0.05, 0.1) is 12.1 Å². The van der Waals surface area contributed by atoms with Crippen LogP contribution < -0.4 is 16.0 Å². The quantitative estimate of drug-likeness (QED) is 0.411. The van der Waals surface area contributed by atoms with Gasteiger partial charge >= 0.3 is 0 Å². The Kier molecular flexibility index (Phi) is 3.05. The van der Waals surface area contributed by atoms with E-state index in [-0.39, 0.29) is 10.7 Å². The average Bonchev–Trinajstić information content (AvgIpc) is 2.17. The molecule has 70 valence electrons. The second kappa shape index (κ2) is 4.06. The third-order valence-electron chi connectivity index (χ3n) is 1.38. The number of methoxy groups -OCH3 is 1. The molecule has 3 N–H and O–H groups in total. The lowest BCUT2D eigenvalue weighted by atomic mass is 10.3. The lowest BCUT2D eigenvalue weighted by Gasteiger charge is -2.03. The molecule has 5 nitrogen and oxygen atoms in total. The van der Waals surface area contributed by atoms with Crippen molar-refractivity contribution in [3.63, 3.8) is 0 Å². The summed E-state index contributed by atoms with van der Waals surface area (Å²) >= 11 is 5.69. The molecule has 0 aliphatic heterocycles. The van der Waals surface area contributed by atoms with Crippen molar-refractivity contribution in [1.82, 2.24) is 10.4 Å². The number of carbonyl (C=O) groups excluding carboxylic acids is 1. The molecule has 0 spiro atoms. The Bertz CT molecular complexity index is 330. The Morgan fingerprint density at radius 2 is 2.38 bits per heavy atom. The zero-order valence-electron chi connectivity index (χ0n) is 6.87. The predicted octanol–water partition coefficient (Wildman–Crippen LogP) is 0.347. The number of amides is 1. The summed E-state index contributed by atoms with van der Waals surface area (Å²) in [6, 6.07) is 3.06. The minimum atomic E-state index is -0.552. The molecular formula is C7H8ClN3O2. The molecule has 13 heavy (non-hydrogen) atoms. The van der Waals surface area contributed by atoms with Gasteiger partial charge in [-0.25, -0.2) is 10.8 Å². The summed E-state index contributed by atoms with van der Waals surface area (Å²) in [5.74, 6) is 4.68. The van der Waals surface area contributed by atoms with Gasteiger partial charge in [-0.05, 0) is 6.07 Å². The van der Waals surface area contributed by atoms with E-state index >= 15 is 0 Å². The molecule has 6 heteroatoms. The zero-order valence-corrected chi connectivity index (χ0v) is 7.63. The SMILES string of the molecule is COc1ccc(Cl)c(C(=O)NN)n1. The number of pyridine rings is 1. The minimum absolute atomic E-state index is 0.0449. The van der Waals surface area contributed by atoms with Crippen LogP contribution in [0.1, 0.15) is 10.5 Å². The van der Waals surface area contributed by atoms with Crippen molar-refractivity contribution in [2.45, 2.75) is 0 Å². The zero-order chi connectivity index (χ0) is 9.84. The lowest BCUT2D eigenvalue weighted by Crippen LogP contribution is -2.31. The number of hydrogen-bond donors (Lipinski definition) is 2. The summed E-state index contributed by atoms with van der Waals surface area (Å²) in [6.07, 6.45) is 0. The van der Waals surface area contributed by atoms with Gasteiger partial charge in [-0.3, -0.25) is 10.2 Å². The molecule has 0 aliphatic carbocycles. The third-order valence-corrected chi connectivity index (χ3v) is 1.68. The van der Waals surface area contributed by atoms with Gasteiger partial charge in [-0.15, -0.1) is 0 Å². The Labute approximate surface area is 79.8 Å². The molecular weight excluding hydrogens is 194 g/mol. The molecule has 0 radical (unpaired) electrons. The lowest BCUT2D eigenvalue weighted by molar-refractivity contribution is 0.0948. The van der Waals surface area contributed by atoms with Gasteiger partial charge < -0.3 is 4.74 Å². The molecule has 0 fully saturated rings. The molecule has 0 saturated heterocycles. The molecule has 0 aliphatic rings. The van der Waals surface area contributed by atoms with E-state index in [0.29, 0.717) is 5.88 Å². The van der Waals surface area contributed by atoms with Crippen LogP contribution >= 0.6 is 11.6 Å². The number of aromatic nitrogens is 1. The molecule has 1 rings (SSSR count). The molecule has 1 aromatic heterocycles. The normalized spacial score (nSPS) is 9.46. The van der Waals surface area contributed by atoms with Gasteiger partial charge in [0.2, 0.25) is 5.88 Å². The van der Waals surface area contributed by atoms with E-state index in [1.54, 1.807) is 6.07 Å². The Morgan fingerprint density at radius 3 is 2.92 bits per heavy atom. The van der Waals surface area contributed by atoms with Crippen molar-refractivity contribution in [2.75, 3.05) is 7.11 Å². The number of halogens is 1. The Balaban J connectivity index is 3.11. The summed E-state index contributed by atoms with van der Waals surface area (Å²) in [5, 5.41) is 0.226. The first-order valence-electron chi connectivity index (χ1n) is 3.40. The van der Waals surface area contributed by atoms with E-state index in [0.717, 1.165) is 0 Å². The monoisotopic (exact) mass is 201 g/mol. The highest BCUT2D eigenvalue weighted by atomic mass is 35.5. The number of nitrogens with zero attached hydrogens (tertiary/aromatic N) is 1. The fourth-order valence-electron chi connectivity index (χ4n) is 0.766. The molecule has 0 bridgehead atoms. The minimum Gasteiger partial charge on any atom is -0.481 e. The maximum atomic E-state index is 11.1. The fraction of sp³-hybridized carbons (Fsp3) is 0.143. The van der Waals surface area contributed by atoms with Gasteiger partial charge in [0.15, 0.2) is 5.69 Å². The number of ether oxygens (including phenoxy) is 1. The number of carbonyl (C=O) groups is 1. The first-order valence-corrected chi connectivity index (χ1v) is 3.78. The van der Waals surface area contributed by atoms with E-state index < -0.39 is 5.91 Å². The highest BCUT2D eigenvalue weighted by Gasteiger charge is 2.11. The van der Waals surface area contributed by atoms with Gasteiger partial charge in [0, 0.05) is 6.07 Å². The van der Waals surface area contributed by atoms with Crippen LogP contribution in [-0.4, -0.2) is 18.0 Å². The van der Waals surface area contributed by atoms with E-state index in [9.17, 15) is 4.79 Å². The number of rotatable bonds is 2. The number of hydrogen-bond acceptors (Lipinski definition) is 4. The number of hydrazine groups is 1. The first kappa shape index (κ1) is 9.76. The van der Waals surface area contributed by atoms with Crippen LogP contribution in [-0.2, 0) is 0 Å². The van der Waals surface area contributed by atoms with Crippen LogP contribution in [0, 0.1) is 0 Å². The number of nitrogens with one attached hydrogen (secondary N) is 1. The second-order valence-electron chi connectivity index (χ2n) is 2.16. The summed E-state index contributed by atoms with van der Waals surface area (Å²) in [5.41, 5.74) is 1.98. The molecule has 0 unspecified atom stereocenters. The van der Waals surface area contributed by atoms with Crippen LogP contribution in [0.5, 0.6) is 5.88 Å². The van der Waals surface area contributed by atoms with E-state index in [1.165, 1.54) is 13.2 Å². The average molecular weight is 202 g/mol. The van der Waals surface area contributed by atoms with E-state index in [1.807, 2.05) is 5.43 Å². The van der Waals surface area contributed by atoms with Crippen molar-refractivity contribution in [3.8, 4) is 5.88 Å². The topological polar surface area (TPSA) is 77.2 Å². The highest BCUT2D eigenvalue weighted by molar-refractivity contribution is 6.33. The largest absolute Gasteiger partial charge is 0.481 e. The van der Waals surface area contributed by atoms with Gasteiger partial charge in [0.1, 0.15) is 0 Å². The molecule has 0 atom stereocenters. The van der Waals surface area contributed by atoms with E-state index in [4.69, 9.17) is 22.2 Å². The van der Waals surface area contributed by atoms with Crippen molar-refractivity contribution in [2.24, 2.45) is 5.84 Å². The molecule has 1 amide bonds. The maximum absolute atomic E-state index is 11.1. The summed E-state index contributed by atoms with van der Waals surface area (Å²) in [6.45, 7) is 0. The van der Waals surface area contributed by atoms with Crippen LogP contribution in [0.3, 0.4) is 0 Å². The smallest absolute Gasteiger partial charge is 0.285 e. The number of nitrogens with two attached hydrogens (primary N) is 1. The summed E-state index contributed by atoms with van der Waals surface area (Å²) < 4.78 is 4.81. The van der Waals surface area contributed by atoms with Gasteiger partial charge in [-0.2, -0.15) is 0 Å². The van der Waals surface area contributed by atoms with E-state index in [2.05, 4.69) is 4.98 Å². The van der Waals surface area contributed by atoms with Crippen LogP contribution in [0.2, 0.25) is 5.02 Å². The van der Waals surface area contributed by atoms with Crippen molar-refractivity contribution in [3.05, 3.63) is 22.8 Å². The van der Waals surface area contributed by atoms with Crippen molar-refractivity contribution >= 4 is 17.5 Å². The van der Waals surface area contributed by atoms with Crippen molar-refractivity contribution in [1.29, 1.82) is 0 Å². The second-order valence-corrected chi connectivity index (χ2v) is 2.56. The maximum Gasteiger partial charge on any atom is 0.285 e. The predicted molar refractivity (Wildman–Crippen MR) is 47.5 cm³/mol. The molecule has 0 saturated carbocycles. The highest BCUT2D eigenvalue weighted by Crippen LogP contribution is 2.17. The van der Waals surface area contributed by atoms with Gasteiger partial charge in [0.25, 0.3) is 5.91 Å². The molecule has 1 aromatic rings. The first-order chi connectivity index (χ1) is 6.19. The summed E-state index contributed by atoms with van der Waals surface area (Å²) in [4.78, 5) is 14.9. The van der Waals surface area contributed by atoms with Crippen LogP contribution in [0.15, 0.2) is 12.1 Å². The fourth-order valence-corrected chi connectivity index (χ4v) is 0.957.